The monoisotopic (exact) mass is 296 g/mol. The van der Waals surface area contributed by atoms with E-state index >= 15 is 0 Å². The molecule has 0 spiro atoms. The van der Waals surface area contributed by atoms with Crippen LogP contribution in [0, 0.1) is 0 Å². The Hall–Kier alpha value is -1.13. The van der Waals surface area contributed by atoms with Crippen LogP contribution in [0.4, 0.5) is 0 Å². The van der Waals surface area contributed by atoms with Crippen LogP contribution in [0.1, 0.15) is 51.0 Å². The molecule has 3 nitrogen and oxygen atoms in total. The highest BCUT2D eigenvalue weighted by atomic mass is 32.2. The van der Waals surface area contributed by atoms with Gasteiger partial charge >= 0.3 is 0 Å². The molecule has 0 aliphatic heterocycles. The van der Waals surface area contributed by atoms with E-state index in [-0.39, 0.29) is 11.5 Å². The van der Waals surface area contributed by atoms with Crippen LogP contribution in [0.15, 0.2) is 35.7 Å². The first kappa shape index (κ1) is 16.9. The van der Waals surface area contributed by atoms with E-state index in [1.54, 1.807) is 30.3 Å². The van der Waals surface area contributed by atoms with Crippen molar-refractivity contribution in [2.45, 2.75) is 50.3 Å². The molecule has 0 heterocycles. The molecule has 0 atom stereocenters. The van der Waals surface area contributed by atoms with Crippen LogP contribution in [-0.2, 0) is 14.3 Å². The molecule has 4 heteroatoms. The fraction of sp³-hybridized carbons (Fsp3) is 0.500. The van der Waals surface area contributed by atoms with Gasteiger partial charge in [-0.25, -0.2) is 0 Å². The summed E-state index contributed by atoms with van der Waals surface area (Å²) in [5.41, 5.74) is 0.889. The van der Waals surface area contributed by atoms with Gasteiger partial charge in [0.05, 0.1) is 11.5 Å². The molecule has 0 saturated heterocycles. The molecule has 0 aromatic heterocycles. The average Bonchev–Trinajstić information content (AvgIpc) is 2.46. The molecular weight excluding hydrogens is 272 g/mol. The molecule has 1 rings (SSSR count). The molecule has 0 saturated carbocycles. The molecule has 0 aliphatic carbocycles. The third-order valence-electron chi connectivity index (χ3n) is 3.14. The summed E-state index contributed by atoms with van der Waals surface area (Å²) in [6.07, 6.45) is 8.30. The molecule has 0 unspecified atom stereocenters. The maximum Gasteiger partial charge on any atom is 0.296 e. The van der Waals surface area contributed by atoms with Crippen LogP contribution in [0.25, 0.3) is 6.08 Å². The Balaban J connectivity index is 2.35. The lowest BCUT2D eigenvalue weighted by Gasteiger charge is -2.06. The highest BCUT2D eigenvalue weighted by molar-refractivity contribution is 7.86. The molecule has 0 N–H and O–H groups in total. The Labute approximate surface area is 122 Å². The second-order valence-electron chi connectivity index (χ2n) is 4.82. The Bertz CT molecular complexity index is 489. The molecule has 0 aliphatic rings. The highest BCUT2D eigenvalue weighted by Gasteiger charge is 2.14. The fourth-order valence-electron chi connectivity index (χ4n) is 1.89. The van der Waals surface area contributed by atoms with Gasteiger partial charge in [0.2, 0.25) is 0 Å². The van der Waals surface area contributed by atoms with Crippen molar-refractivity contribution in [3.63, 3.8) is 0 Å². The largest absolute Gasteiger partial charge is 0.296 e. The van der Waals surface area contributed by atoms with Crippen LogP contribution >= 0.6 is 0 Å². The molecule has 0 amide bonds. The number of rotatable bonds is 10. The summed E-state index contributed by atoms with van der Waals surface area (Å²) >= 11 is 0. The van der Waals surface area contributed by atoms with E-state index in [0.29, 0.717) is 0 Å². The number of hydrogen-bond acceptors (Lipinski definition) is 3. The Kier molecular flexibility index (Phi) is 7.55. The van der Waals surface area contributed by atoms with Crippen molar-refractivity contribution in [2.75, 3.05) is 6.61 Å². The molecular formula is C16H24O3S. The maximum absolute atomic E-state index is 11.9. The minimum atomic E-state index is -3.62. The third-order valence-corrected chi connectivity index (χ3v) is 4.47. The lowest BCUT2D eigenvalue weighted by molar-refractivity contribution is 0.306. The Morgan fingerprint density at radius 3 is 2.25 bits per heavy atom. The standard InChI is InChI=1S/C16H24O3S/c1-3-5-6-7-8-9-14-19-20(17,18)16-12-10-15(4-2)11-13-16/h4,10-13H,2-3,5-9,14H2,1H3. The Morgan fingerprint density at radius 2 is 1.65 bits per heavy atom. The first-order chi connectivity index (χ1) is 9.60. The maximum atomic E-state index is 11.9. The van der Waals surface area contributed by atoms with Crippen molar-refractivity contribution < 1.29 is 12.6 Å². The lowest BCUT2D eigenvalue weighted by Crippen LogP contribution is -2.07. The first-order valence-corrected chi connectivity index (χ1v) is 8.63. The van der Waals surface area contributed by atoms with Crippen LogP contribution in [0.2, 0.25) is 0 Å². The summed E-state index contributed by atoms with van der Waals surface area (Å²) < 4.78 is 28.9. The zero-order chi connectivity index (χ0) is 14.8. The van der Waals surface area contributed by atoms with Gasteiger partial charge in [-0.1, -0.05) is 63.8 Å². The molecule has 20 heavy (non-hydrogen) atoms. The minimum Gasteiger partial charge on any atom is -0.266 e. The summed E-state index contributed by atoms with van der Waals surface area (Å²) in [4.78, 5) is 0.203. The van der Waals surface area contributed by atoms with Gasteiger partial charge in [0.25, 0.3) is 10.1 Å². The predicted octanol–water partition coefficient (Wildman–Crippen LogP) is 4.40. The van der Waals surface area contributed by atoms with Gasteiger partial charge in [0, 0.05) is 0 Å². The van der Waals surface area contributed by atoms with E-state index in [4.69, 9.17) is 4.18 Å². The number of hydrogen-bond donors (Lipinski definition) is 0. The minimum absolute atomic E-state index is 0.203. The topological polar surface area (TPSA) is 43.4 Å². The van der Waals surface area contributed by atoms with Crippen molar-refractivity contribution in [3.8, 4) is 0 Å². The van der Waals surface area contributed by atoms with E-state index in [1.165, 1.54) is 19.3 Å². The van der Waals surface area contributed by atoms with Crippen LogP contribution in [-0.4, -0.2) is 15.0 Å². The Morgan fingerprint density at radius 1 is 1.05 bits per heavy atom. The zero-order valence-corrected chi connectivity index (χ0v) is 13.0. The van der Waals surface area contributed by atoms with Crippen molar-refractivity contribution in [2.24, 2.45) is 0 Å². The number of unbranched alkanes of at least 4 members (excludes halogenated alkanes) is 5. The fourth-order valence-corrected chi connectivity index (χ4v) is 2.83. The number of benzene rings is 1. The highest BCUT2D eigenvalue weighted by Crippen LogP contribution is 2.15. The van der Waals surface area contributed by atoms with Crippen molar-refractivity contribution in [3.05, 3.63) is 36.4 Å². The van der Waals surface area contributed by atoms with Crippen LogP contribution in [0.3, 0.4) is 0 Å². The van der Waals surface area contributed by atoms with E-state index in [2.05, 4.69) is 13.5 Å². The molecule has 0 bridgehead atoms. The van der Waals surface area contributed by atoms with E-state index < -0.39 is 10.1 Å². The molecule has 0 fully saturated rings. The van der Waals surface area contributed by atoms with Gasteiger partial charge in [0.1, 0.15) is 0 Å². The van der Waals surface area contributed by atoms with Gasteiger partial charge in [-0.05, 0) is 24.1 Å². The lowest BCUT2D eigenvalue weighted by atomic mass is 10.1. The summed E-state index contributed by atoms with van der Waals surface area (Å²) in [6.45, 7) is 6.07. The van der Waals surface area contributed by atoms with Gasteiger partial charge in [0.15, 0.2) is 0 Å². The van der Waals surface area contributed by atoms with Crippen molar-refractivity contribution >= 4 is 16.2 Å². The van der Waals surface area contributed by atoms with Crippen molar-refractivity contribution in [1.82, 2.24) is 0 Å². The van der Waals surface area contributed by atoms with E-state index in [0.717, 1.165) is 24.8 Å². The summed E-state index contributed by atoms with van der Waals surface area (Å²) in [7, 11) is -3.62. The van der Waals surface area contributed by atoms with E-state index in [1.807, 2.05) is 0 Å². The summed E-state index contributed by atoms with van der Waals surface area (Å²) in [6, 6.07) is 6.53. The quantitative estimate of drug-likeness (QED) is 0.475. The zero-order valence-electron chi connectivity index (χ0n) is 12.2. The van der Waals surface area contributed by atoms with Gasteiger partial charge in [-0.2, -0.15) is 8.42 Å². The normalized spacial score (nSPS) is 11.4. The third kappa shape index (κ3) is 5.88. The SMILES string of the molecule is C=Cc1ccc(S(=O)(=O)OCCCCCCCC)cc1. The summed E-state index contributed by atoms with van der Waals surface area (Å²) in [5.74, 6) is 0. The average molecular weight is 296 g/mol. The second kappa shape index (κ2) is 8.93. The predicted molar refractivity (Wildman–Crippen MR) is 83.0 cm³/mol. The molecule has 1 aromatic carbocycles. The van der Waals surface area contributed by atoms with Crippen LogP contribution < -0.4 is 0 Å². The van der Waals surface area contributed by atoms with Gasteiger partial charge < -0.3 is 0 Å². The second-order valence-corrected chi connectivity index (χ2v) is 6.43. The van der Waals surface area contributed by atoms with E-state index in [9.17, 15) is 8.42 Å². The summed E-state index contributed by atoms with van der Waals surface area (Å²) in [5, 5.41) is 0. The van der Waals surface area contributed by atoms with Crippen LogP contribution in [0.5, 0.6) is 0 Å². The molecule has 112 valence electrons. The molecule has 0 radical (unpaired) electrons. The molecule has 1 aromatic rings. The van der Waals surface area contributed by atoms with Crippen molar-refractivity contribution in [1.29, 1.82) is 0 Å². The smallest absolute Gasteiger partial charge is 0.266 e. The first-order valence-electron chi connectivity index (χ1n) is 7.22. The van der Waals surface area contributed by atoms with Gasteiger partial charge in [-0.15, -0.1) is 0 Å². The van der Waals surface area contributed by atoms with Gasteiger partial charge in [-0.3, -0.25) is 4.18 Å².